The lowest BCUT2D eigenvalue weighted by molar-refractivity contribution is -0.129. The van der Waals surface area contributed by atoms with Crippen LogP contribution in [0, 0.1) is 0 Å². The molecule has 0 saturated heterocycles. The Bertz CT molecular complexity index is 1690. The number of fused-ring (bicyclic) bond motifs is 1. The molecule has 3 atom stereocenters. The molecule has 2 heterocycles. The molecule has 1 N–H and O–H groups in total. The van der Waals surface area contributed by atoms with Gasteiger partial charge in [0.05, 0.1) is 10.6 Å². The summed E-state index contributed by atoms with van der Waals surface area (Å²) in [5, 5.41) is 15.8. The summed E-state index contributed by atoms with van der Waals surface area (Å²) in [4.78, 5) is 13.7. The van der Waals surface area contributed by atoms with Crippen LogP contribution >= 0.6 is 11.6 Å². The van der Waals surface area contributed by atoms with Crippen LogP contribution in [0.3, 0.4) is 0 Å². The largest absolute Gasteiger partial charge is 0.481 e. The van der Waals surface area contributed by atoms with Crippen molar-refractivity contribution in [3.8, 4) is 11.5 Å². The molecule has 1 aromatic heterocycles. The van der Waals surface area contributed by atoms with Crippen molar-refractivity contribution in [2.24, 2.45) is 5.10 Å². The molecule has 44 heavy (non-hydrogen) atoms. The summed E-state index contributed by atoms with van der Waals surface area (Å²) in [7, 11) is 0. The van der Waals surface area contributed by atoms with Gasteiger partial charge in [-0.05, 0) is 81.6 Å². The number of halogens is 1. The number of amides is 1. The van der Waals surface area contributed by atoms with Gasteiger partial charge in [0.1, 0.15) is 16.9 Å². The van der Waals surface area contributed by atoms with Gasteiger partial charge >= 0.3 is 0 Å². The normalized spacial score (nSPS) is 16.1. The van der Waals surface area contributed by atoms with Crippen LogP contribution in [0.5, 0.6) is 11.5 Å². The van der Waals surface area contributed by atoms with E-state index in [0.717, 1.165) is 17.7 Å². The summed E-state index contributed by atoms with van der Waals surface area (Å²) in [6, 6.07) is 24.4. The number of alkyl halides is 1. The van der Waals surface area contributed by atoms with Crippen molar-refractivity contribution in [2.75, 3.05) is 0 Å². The number of aromatic nitrogens is 3. The van der Waals surface area contributed by atoms with E-state index in [1.807, 2.05) is 77.1 Å². The summed E-state index contributed by atoms with van der Waals surface area (Å²) < 4.78 is 26.1. The van der Waals surface area contributed by atoms with Crippen LogP contribution in [0.4, 0.5) is 0 Å². The molecule has 1 aliphatic rings. The first-order valence-electron chi connectivity index (χ1n) is 14.3. The monoisotopic (exact) mass is 633 g/mol. The van der Waals surface area contributed by atoms with Crippen molar-refractivity contribution < 1.29 is 17.9 Å². The Kier molecular flexibility index (Phi) is 8.95. The van der Waals surface area contributed by atoms with Gasteiger partial charge in [-0.15, -0.1) is 21.8 Å². The van der Waals surface area contributed by atoms with Gasteiger partial charge in [-0.1, -0.05) is 56.3 Å². The summed E-state index contributed by atoms with van der Waals surface area (Å²) in [5.74, 6) is 1.84. The molecule has 0 bridgehead atoms. The fourth-order valence-electron chi connectivity index (χ4n) is 4.70. The van der Waals surface area contributed by atoms with Gasteiger partial charge in [0.25, 0.3) is 5.91 Å². The second-order valence-electron chi connectivity index (χ2n) is 11.9. The number of ether oxygens (including phenoxy) is 1. The number of nitrogens with one attached hydrogen (secondary N) is 1. The van der Waals surface area contributed by atoms with E-state index in [4.69, 9.17) is 20.5 Å². The van der Waals surface area contributed by atoms with E-state index in [1.54, 1.807) is 35.9 Å². The molecule has 0 radical (unpaired) electrons. The number of carbonyl (C=O) groups is 1. The topological polar surface area (TPSA) is 108 Å². The summed E-state index contributed by atoms with van der Waals surface area (Å²) >= 11 is 4.68. The average molecular weight is 634 g/mol. The van der Waals surface area contributed by atoms with Crippen LogP contribution in [0.25, 0.3) is 0 Å². The molecule has 0 aliphatic carbocycles. The molecule has 3 unspecified atom stereocenters. The Labute approximate surface area is 265 Å². The number of hydrogen-bond donors (Lipinski definition) is 1. The molecule has 0 fully saturated rings. The highest BCUT2D eigenvalue weighted by Crippen LogP contribution is 2.37. The maximum Gasteiger partial charge on any atom is 0.261 e. The van der Waals surface area contributed by atoms with Crippen LogP contribution in [0.15, 0.2) is 88.9 Å². The number of rotatable bonds is 11. The molecular weight excluding hydrogens is 598 g/mol. The molecule has 4 aromatic rings. The van der Waals surface area contributed by atoms with Crippen molar-refractivity contribution in [3.05, 3.63) is 102 Å². The molecule has 0 spiro atoms. The van der Waals surface area contributed by atoms with E-state index in [-0.39, 0.29) is 5.91 Å². The maximum absolute atomic E-state index is 13.2. The van der Waals surface area contributed by atoms with Gasteiger partial charge in [-0.2, -0.15) is 9.78 Å². The Morgan fingerprint density at radius 3 is 2.23 bits per heavy atom. The first-order valence-corrected chi connectivity index (χ1v) is 15.8. The van der Waals surface area contributed by atoms with Crippen LogP contribution in [0.1, 0.15) is 69.7 Å². The lowest BCUT2D eigenvalue weighted by Crippen LogP contribution is -2.59. The second-order valence-corrected chi connectivity index (χ2v) is 13.4. The van der Waals surface area contributed by atoms with E-state index < -0.39 is 33.5 Å². The quantitative estimate of drug-likeness (QED) is 0.199. The molecule has 9 nitrogen and oxygen atoms in total. The van der Waals surface area contributed by atoms with Crippen molar-refractivity contribution >= 4 is 34.3 Å². The van der Waals surface area contributed by atoms with E-state index in [1.165, 1.54) is 5.56 Å². The maximum atomic E-state index is 13.2. The van der Waals surface area contributed by atoms with E-state index in [9.17, 15) is 9.00 Å². The standard InChI is InChI=1S/C33H36ClN5O4S/c1-21-28(34)29-36-37-31(39(29)38-21)32(3,4)33(5,6)35-30(40)22(2)42-25-16-18-27(19-17-25)44(41)43-26-14-12-24(13-15-26)20-23-10-8-7-9-11-23/h7-19,22,28H,20H2,1-6H3,(H,35,40). The lowest BCUT2D eigenvalue weighted by atomic mass is 9.73. The smallest absolute Gasteiger partial charge is 0.261 e. The molecule has 1 aliphatic heterocycles. The first-order chi connectivity index (χ1) is 20.9. The van der Waals surface area contributed by atoms with Crippen LogP contribution < -0.4 is 14.2 Å². The summed E-state index contributed by atoms with van der Waals surface area (Å²) in [6.45, 7) is 11.3. The lowest BCUT2D eigenvalue weighted by Gasteiger charge is -2.41. The summed E-state index contributed by atoms with van der Waals surface area (Å²) in [5.41, 5.74) is 1.68. The Hall–Kier alpha value is -4.02. The highest BCUT2D eigenvalue weighted by molar-refractivity contribution is 7.80. The van der Waals surface area contributed by atoms with E-state index in [2.05, 4.69) is 32.7 Å². The van der Waals surface area contributed by atoms with E-state index >= 15 is 0 Å². The third-order valence-corrected chi connectivity index (χ3v) is 9.63. The zero-order chi connectivity index (χ0) is 31.6. The molecule has 5 rings (SSSR count). The zero-order valence-corrected chi connectivity index (χ0v) is 27.1. The van der Waals surface area contributed by atoms with Crippen molar-refractivity contribution in [1.82, 2.24) is 20.2 Å². The molecule has 11 heteroatoms. The summed E-state index contributed by atoms with van der Waals surface area (Å²) in [6.07, 6.45) is 0.00818. The fraction of sp³-hybridized carbons (Fsp3) is 0.333. The van der Waals surface area contributed by atoms with Gasteiger partial charge in [0.15, 0.2) is 17.8 Å². The predicted octanol–water partition coefficient (Wildman–Crippen LogP) is 6.13. The van der Waals surface area contributed by atoms with Crippen molar-refractivity contribution in [3.63, 3.8) is 0 Å². The molecule has 1 amide bonds. The molecule has 230 valence electrons. The molecule has 0 saturated carbocycles. The Balaban J connectivity index is 1.16. The van der Waals surface area contributed by atoms with Gasteiger partial charge in [0.2, 0.25) is 11.1 Å². The predicted molar refractivity (Wildman–Crippen MR) is 172 cm³/mol. The van der Waals surface area contributed by atoms with Crippen LogP contribution in [-0.2, 0) is 27.7 Å². The minimum atomic E-state index is -1.72. The van der Waals surface area contributed by atoms with Gasteiger partial charge < -0.3 is 14.2 Å². The average Bonchev–Trinajstić information content (AvgIpc) is 3.53. The minimum absolute atomic E-state index is 0.300. The Morgan fingerprint density at radius 1 is 0.955 bits per heavy atom. The first kappa shape index (κ1) is 31.4. The highest BCUT2D eigenvalue weighted by atomic mass is 35.5. The van der Waals surface area contributed by atoms with Crippen LogP contribution in [-0.4, -0.2) is 42.3 Å². The third kappa shape index (κ3) is 6.56. The van der Waals surface area contributed by atoms with Crippen LogP contribution in [0.2, 0.25) is 0 Å². The van der Waals surface area contributed by atoms with Gasteiger partial charge in [-0.3, -0.25) is 4.79 Å². The van der Waals surface area contributed by atoms with E-state index in [0.29, 0.717) is 28.0 Å². The number of benzene rings is 3. The Morgan fingerprint density at radius 2 is 1.57 bits per heavy atom. The fourth-order valence-corrected chi connectivity index (χ4v) is 5.62. The third-order valence-electron chi connectivity index (χ3n) is 8.12. The number of carbonyl (C=O) groups excluding carboxylic acids is 1. The van der Waals surface area contributed by atoms with Gasteiger partial charge in [0, 0.05) is 11.0 Å². The van der Waals surface area contributed by atoms with Crippen molar-refractivity contribution in [2.45, 2.75) is 75.3 Å². The SMILES string of the molecule is CC1=Nn2c(nnc2C(C)(C)C(C)(C)NC(=O)C(C)Oc2ccc(S(=O)Oc3ccc(Cc4ccccc4)cc3)cc2)C1Cl. The number of hydrogen-bond acceptors (Lipinski definition) is 7. The highest BCUT2D eigenvalue weighted by Gasteiger charge is 2.46. The molecular formula is C33H36ClN5O4S. The van der Waals surface area contributed by atoms with Gasteiger partial charge in [-0.25, -0.2) is 4.21 Å². The zero-order valence-electron chi connectivity index (χ0n) is 25.6. The molecule has 3 aromatic carbocycles. The minimum Gasteiger partial charge on any atom is -0.481 e. The second kappa shape index (κ2) is 12.5. The van der Waals surface area contributed by atoms with Crippen molar-refractivity contribution in [1.29, 1.82) is 0 Å². The number of nitrogens with zero attached hydrogens (tertiary/aromatic N) is 4.